The highest BCUT2D eigenvalue weighted by molar-refractivity contribution is 7.18. The standard InChI is InChI=1S/C13H15NO2S/c15-10(11-5-3-7-16-11)8-13-14-9-4-1-2-6-12(9)17-13/h1-2,4,6,10-11,15H,3,5,7-8H2. The summed E-state index contributed by atoms with van der Waals surface area (Å²) in [4.78, 5) is 4.53. The van der Waals surface area contributed by atoms with E-state index in [-0.39, 0.29) is 6.10 Å². The van der Waals surface area contributed by atoms with Crippen molar-refractivity contribution >= 4 is 21.6 Å². The number of benzene rings is 1. The molecule has 0 radical (unpaired) electrons. The Balaban J connectivity index is 1.75. The first-order valence-electron chi connectivity index (χ1n) is 5.97. The van der Waals surface area contributed by atoms with Crippen LogP contribution in [0.4, 0.5) is 0 Å². The third-order valence-corrected chi connectivity index (χ3v) is 4.17. The molecule has 0 saturated carbocycles. The van der Waals surface area contributed by atoms with Crippen LogP contribution in [0.1, 0.15) is 17.8 Å². The maximum atomic E-state index is 10.1. The van der Waals surface area contributed by atoms with Gasteiger partial charge in [-0.15, -0.1) is 11.3 Å². The zero-order valence-corrected chi connectivity index (χ0v) is 10.3. The van der Waals surface area contributed by atoms with Gasteiger partial charge >= 0.3 is 0 Å². The molecule has 0 aliphatic carbocycles. The van der Waals surface area contributed by atoms with Gasteiger partial charge in [0.05, 0.1) is 27.4 Å². The molecule has 90 valence electrons. The van der Waals surface area contributed by atoms with Gasteiger partial charge in [0.1, 0.15) is 0 Å². The summed E-state index contributed by atoms with van der Waals surface area (Å²) in [5, 5.41) is 11.1. The quantitative estimate of drug-likeness (QED) is 0.908. The van der Waals surface area contributed by atoms with Gasteiger partial charge in [-0.2, -0.15) is 0 Å². The lowest BCUT2D eigenvalue weighted by atomic mass is 10.1. The summed E-state index contributed by atoms with van der Waals surface area (Å²) >= 11 is 1.66. The van der Waals surface area contributed by atoms with Gasteiger partial charge in [0, 0.05) is 13.0 Å². The fourth-order valence-corrected chi connectivity index (χ4v) is 3.24. The molecule has 1 aromatic heterocycles. The lowest BCUT2D eigenvalue weighted by Gasteiger charge is -2.15. The molecular weight excluding hydrogens is 234 g/mol. The molecule has 2 aromatic rings. The third-order valence-electron chi connectivity index (χ3n) is 3.12. The van der Waals surface area contributed by atoms with Crippen molar-refractivity contribution in [2.75, 3.05) is 6.61 Å². The summed E-state index contributed by atoms with van der Waals surface area (Å²) in [6.45, 7) is 0.779. The van der Waals surface area contributed by atoms with Gasteiger partial charge in [-0.25, -0.2) is 4.98 Å². The molecule has 1 N–H and O–H groups in total. The highest BCUT2D eigenvalue weighted by Gasteiger charge is 2.25. The van der Waals surface area contributed by atoms with Crippen LogP contribution in [-0.2, 0) is 11.2 Å². The Morgan fingerprint density at radius 1 is 1.47 bits per heavy atom. The number of aliphatic hydroxyl groups excluding tert-OH is 1. The molecule has 1 aliphatic rings. The first-order chi connectivity index (χ1) is 8.33. The van der Waals surface area contributed by atoms with Crippen molar-refractivity contribution in [2.45, 2.75) is 31.5 Å². The number of hydrogen-bond donors (Lipinski definition) is 1. The topological polar surface area (TPSA) is 42.4 Å². The predicted octanol–water partition coefficient (Wildman–Crippen LogP) is 2.38. The van der Waals surface area contributed by atoms with E-state index in [1.165, 1.54) is 4.70 Å². The first kappa shape index (κ1) is 11.1. The van der Waals surface area contributed by atoms with Gasteiger partial charge in [0.15, 0.2) is 0 Å². The van der Waals surface area contributed by atoms with Crippen molar-refractivity contribution in [3.05, 3.63) is 29.3 Å². The Morgan fingerprint density at radius 3 is 3.12 bits per heavy atom. The summed E-state index contributed by atoms with van der Waals surface area (Å²) < 4.78 is 6.67. The van der Waals surface area contributed by atoms with Crippen LogP contribution < -0.4 is 0 Å². The van der Waals surface area contributed by atoms with Crippen LogP contribution in [0.5, 0.6) is 0 Å². The van der Waals surface area contributed by atoms with Crippen molar-refractivity contribution in [2.24, 2.45) is 0 Å². The monoisotopic (exact) mass is 249 g/mol. The summed E-state index contributed by atoms with van der Waals surface area (Å²) in [6.07, 6.45) is 2.21. The second kappa shape index (κ2) is 4.72. The van der Waals surface area contributed by atoms with Gasteiger partial charge < -0.3 is 9.84 Å². The average molecular weight is 249 g/mol. The molecule has 2 unspecified atom stereocenters. The number of thiazole rings is 1. The van der Waals surface area contributed by atoms with Crippen molar-refractivity contribution < 1.29 is 9.84 Å². The van der Waals surface area contributed by atoms with Crippen LogP contribution in [0.15, 0.2) is 24.3 Å². The molecule has 1 aromatic carbocycles. The molecule has 0 spiro atoms. The molecular formula is C13H15NO2S. The molecule has 3 nitrogen and oxygen atoms in total. The zero-order valence-electron chi connectivity index (χ0n) is 9.50. The van der Waals surface area contributed by atoms with E-state index < -0.39 is 6.10 Å². The number of nitrogens with zero attached hydrogens (tertiary/aromatic N) is 1. The molecule has 2 heterocycles. The molecule has 17 heavy (non-hydrogen) atoms. The summed E-state index contributed by atoms with van der Waals surface area (Å²) in [5.74, 6) is 0. The van der Waals surface area contributed by atoms with Gasteiger partial charge in [-0.05, 0) is 25.0 Å². The molecule has 2 atom stereocenters. The lowest BCUT2D eigenvalue weighted by Crippen LogP contribution is -2.27. The van der Waals surface area contributed by atoms with Gasteiger partial charge in [0.2, 0.25) is 0 Å². The van der Waals surface area contributed by atoms with Crippen molar-refractivity contribution in [1.82, 2.24) is 4.98 Å². The molecule has 1 saturated heterocycles. The van der Waals surface area contributed by atoms with Crippen LogP contribution in [-0.4, -0.2) is 28.9 Å². The second-order valence-electron chi connectivity index (χ2n) is 4.40. The molecule has 4 heteroatoms. The van der Waals surface area contributed by atoms with Crippen molar-refractivity contribution in [3.8, 4) is 0 Å². The Bertz CT molecular complexity index is 472. The number of aliphatic hydroxyl groups is 1. The number of aromatic nitrogens is 1. The van der Waals surface area contributed by atoms with Crippen LogP contribution in [0.2, 0.25) is 0 Å². The first-order valence-corrected chi connectivity index (χ1v) is 6.79. The number of para-hydroxylation sites is 1. The van der Waals surface area contributed by atoms with Crippen LogP contribution >= 0.6 is 11.3 Å². The van der Waals surface area contributed by atoms with Crippen molar-refractivity contribution in [3.63, 3.8) is 0 Å². The van der Waals surface area contributed by atoms with E-state index in [1.54, 1.807) is 11.3 Å². The minimum atomic E-state index is -0.418. The van der Waals surface area contributed by atoms with E-state index in [0.29, 0.717) is 6.42 Å². The summed E-state index contributed by atoms with van der Waals surface area (Å²) in [6, 6.07) is 8.08. The Labute approximate surface area is 104 Å². The Hall–Kier alpha value is -0.970. The Kier molecular flexibility index (Phi) is 3.09. The molecule has 1 fully saturated rings. The van der Waals surface area contributed by atoms with Crippen LogP contribution in [0.25, 0.3) is 10.2 Å². The van der Waals surface area contributed by atoms with E-state index in [2.05, 4.69) is 11.1 Å². The molecule has 1 aliphatic heterocycles. The van der Waals surface area contributed by atoms with Gasteiger partial charge in [-0.1, -0.05) is 12.1 Å². The number of fused-ring (bicyclic) bond motifs is 1. The maximum absolute atomic E-state index is 10.1. The third kappa shape index (κ3) is 2.34. The second-order valence-corrected chi connectivity index (χ2v) is 5.51. The number of rotatable bonds is 3. The van der Waals surface area contributed by atoms with Gasteiger partial charge in [-0.3, -0.25) is 0 Å². The summed E-state index contributed by atoms with van der Waals surface area (Å²) in [5.41, 5.74) is 1.02. The zero-order chi connectivity index (χ0) is 11.7. The molecule has 0 amide bonds. The van der Waals surface area contributed by atoms with E-state index in [4.69, 9.17) is 4.74 Å². The molecule has 0 bridgehead atoms. The van der Waals surface area contributed by atoms with Gasteiger partial charge in [0.25, 0.3) is 0 Å². The smallest absolute Gasteiger partial charge is 0.0965 e. The number of ether oxygens (including phenoxy) is 1. The van der Waals surface area contributed by atoms with E-state index in [0.717, 1.165) is 30.0 Å². The van der Waals surface area contributed by atoms with E-state index >= 15 is 0 Å². The normalized spacial score (nSPS) is 22.1. The lowest BCUT2D eigenvalue weighted by molar-refractivity contribution is -0.000770. The van der Waals surface area contributed by atoms with Crippen LogP contribution in [0.3, 0.4) is 0 Å². The Morgan fingerprint density at radius 2 is 2.35 bits per heavy atom. The maximum Gasteiger partial charge on any atom is 0.0965 e. The highest BCUT2D eigenvalue weighted by atomic mass is 32.1. The highest BCUT2D eigenvalue weighted by Crippen LogP contribution is 2.25. The van der Waals surface area contributed by atoms with E-state index in [9.17, 15) is 5.11 Å². The minimum Gasteiger partial charge on any atom is -0.390 e. The average Bonchev–Trinajstić information content (AvgIpc) is 2.97. The predicted molar refractivity (Wildman–Crippen MR) is 68.3 cm³/mol. The fraction of sp³-hybridized carbons (Fsp3) is 0.462. The fourth-order valence-electron chi connectivity index (χ4n) is 2.22. The number of hydrogen-bond acceptors (Lipinski definition) is 4. The SMILES string of the molecule is OC(Cc1nc2ccccc2s1)C1CCCO1. The van der Waals surface area contributed by atoms with Crippen LogP contribution in [0, 0.1) is 0 Å². The largest absolute Gasteiger partial charge is 0.390 e. The summed E-state index contributed by atoms with van der Waals surface area (Å²) in [7, 11) is 0. The van der Waals surface area contributed by atoms with Crippen molar-refractivity contribution in [1.29, 1.82) is 0 Å². The van der Waals surface area contributed by atoms with E-state index in [1.807, 2.05) is 18.2 Å². The molecule has 3 rings (SSSR count). The minimum absolute atomic E-state index is 0.00186.